The van der Waals surface area contributed by atoms with Gasteiger partial charge in [-0.05, 0) is 27.7 Å². The van der Waals surface area contributed by atoms with Crippen molar-refractivity contribution < 1.29 is 4.79 Å². The van der Waals surface area contributed by atoms with E-state index in [0.29, 0.717) is 6.54 Å². The van der Waals surface area contributed by atoms with Crippen LogP contribution in [0.15, 0.2) is 6.20 Å². The first kappa shape index (κ1) is 12.7. The number of carbonyl (C=O) groups is 1. The zero-order valence-corrected chi connectivity index (χ0v) is 10.3. The van der Waals surface area contributed by atoms with Crippen LogP contribution in [-0.2, 0) is 4.79 Å². The van der Waals surface area contributed by atoms with Crippen molar-refractivity contribution in [1.29, 1.82) is 0 Å². The fourth-order valence-corrected chi connectivity index (χ4v) is 1.53. The van der Waals surface area contributed by atoms with Gasteiger partial charge in [-0.25, -0.2) is 0 Å². The van der Waals surface area contributed by atoms with E-state index in [4.69, 9.17) is 0 Å². The molecule has 1 unspecified atom stereocenters. The fourth-order valence-electron chi connectivity index (χ4n) is 1.53. The number of rotatable bonds is 5. The Morgan fingerprint density at radius 1 is 1.50 bits per heavy atom. The first-order valence-electron chi connectivity index (χ1n) is 5.53. The van der Waals surface area contributed by atoms with E-state index in [-0.39, 0.29) is 18.0 Å². The van der Waals surface area contributed by atoms with Crippen molar-refractivity contribution in [1.82, 2.24) is 20.8 Å². The van der Waals surface area contributed by atoms with Crippen LogP contribution < -0.4 is 10.6 Å². The van der Waals surface area contributed by atoms with Gasteiger partial charge in [-0.3, -0.25) is 9.89 Å². The van der Waals surface area contributed by atoms with Crippen molar-refractivity contribution in [3.8, 4) is 0 Å². The maximum atomic E-state index is 11.4. The number of hydrogen-bond donors (Lipinski definition) is 3. The average Bonchev–Trinajstić information content (AvgIpc) is 2.60. The maximum Gasteiger partial charge on any atom is 0.234 e. The minimum absolute atomic E-state index is 0.0167. The Morgan fingerprint density at radius 3 is 2.69 bits per heavy atom. The molecule has 0 aromatic carbocycles. The summed E-state index contributed by atoms with van der Waals surface area (Å²) in [5, 5.41) is 12.8. The molecule has 0 saturated heterocycles. The van der Waals surface area contributed by atoms with Gasteiger partial charge in [0.05, 0.1) is 12.7 Å². The van der Waals surface area contributed by atoms with E-state index in [0.717, 1.165) is 11.3 Å². The summed E-state index contributed by atoms with van der Waals surface area (Å²) in [5.74, 6) is 0.0167. The number of hydrogen-bond acceptors (Lipinski definition) is 3. The van der Waals surface area contributed by atoms with E-state index in [1.54, 1.807) is 6.20 Å². The number of nitrogens with one attached hydrogen (secondary N) is 3. The van der Waals surface area contributed by atoms with Gasteiger partial charge in [-0.2, -0.15) is 5.10 Å². The van der Waals surface area contributed by atoms with Crippen molar-refractivity contribution in [3.05, 3.63) is 17.5 Å². The summed E-state index contributed by atoms with van der Waals surface area (Å²) in [6, 6.07) is 0.303. The molecule has 1 rings (SSSR count). The molecule has 5 heteroatoms. The summed E-state index contributed by atoms with van der Waals surface area (Å²) >= 11 is 0. The second-order valence-electron chi connectivity index (χ2n) is 4.28. The first-order chi connectivity index (χ1) is 7.50. The Bertz CT molecular complexity index is 346. The molecule has 90 valence electrons. The molecular weight excluding hydrogens is 204 g/mol. The topological polar surface area (TPSA) is 69.8 Å². The van der Waals surface area contributed by atoms with Gasteiger partial charge in [0.25, 0.3) is 0 Å². The van der Waals surface area contributed by atoms with Crippen LogP contribution in [0.5, 0.6) is 0 Å². The maximum absolute atomic E-state index is 11.4. The minimum Gasteiger partial charge on any atom is -0.353 e. The lowest BCUT2D eigenvalue weighted by molar-refractivity contribution is -0.120. The van der Waals surface area contributed by atoms with Crippen molar-refractivity contribution in [2.45, 2.75) is 39.8 Å². The molecule has 0 bridgehead atoms. The molecule has 0 radical (unpaired) electrons. The Labute approximate surface area is 96.0 Å². The van der Waals surface area contributed by atoms with Crippen molar-refractivity contribution in [2.24, 2.45) is 0 Å². The lowest BCUT2D eigenvalue weighted by Gasteiger charge is -2.14. The highest BCUT2D eigenvalue weighted by atomic mass is 16.1. The van der Waals surface area contributed by atoms with E-state index < -0.39 is 0 Å². The van der Waals surface area contributed by atoms with Crippen LogP contribution in [0.2, 0.25) is 0 Å². The van der Waals surface area contributed by atoms with Crippen LogP contribution in [0.4, 0.5) is 0 Å². The number of H-pyrrole nitrogens is 1. The molecule has 0 aliphatic carbocycles. The molecule has 1 heterocycles. The minimum atomic E-state index is 0.0167. The van der Waals surface area contributed by atoms with Crippen LogP contribution in [0, 0.1) is 6.92 Å². The van der Waals surface area contributed by atoms with E-state index in [2.05, 4.69) is 20.8 Å². The highest BCUT2D eigenvalue weighted by molar-refractivity contribution is 5.78. The second-order valence-corrected chi connectivity index (χ2v) is 4.28. The highest BCUT2D eigenvalue weighted by Gasteiger charge is 2.11. The van der Waals surface area contributed by atoms with E-state index in [9.17, 15) is 4.79 Å². The molecule has 0 fully saturated rings. The predicted octanol–water partition coefficient (Wildman–Crippen LogP) is 0.893. The molecule has 1 aromatic rings. The SMILES string of the molecule is Cc1[nH]ncc1C(C)NCC(=O)NC(C)C. The zero-order chi connectivity index (χ0) is 12.1. The number of carbonyl (C=O) groups excluding carboxylic acids is 1. The third kappa shape index (κ3) is 3.66. The summed E-state index contributed by atoms with van der Waals surface area (Å²) in [5.41, 5.74) is 2.13. The van der Waals surface area contributed by atoms with Crippen LogP contribution in [0.25, 0.3) is 0 Å². The average molecular weight is 224 g/mol. The van der Waals surface area contributed by atoms with Crippen molar-refractivity contribution in [2.75, 3.05) is 6.54 Å². The third-order valence-electron chi connectivity index (χ3n) is 2.35. The van der Waals surface area contributed by atoms with Crippen LogP contribution in [0.1, 0.15) is 38.1 Å². The van der Waals surface area contributed by atoms with Gasteiger partial charge < -0.3 is 10.6 Å². The third-order valence-corrected chi connectivity index (χ3v) is 2.35. The Balaban J connectivity index is 2.39. The van der Waals surface area contributed by atoms with Gasteiger partial charge in [-0.1, -0.05) is 0 Å². The van der Waals surface area contributed by atoms with Crippen LogP contribution >= 0.6 is 0 Å². The molecule has 0 aliphatic heterocycles. The van der Waals surface area contributed by atoms with E-state index in [1.807, 2.05) is 27.7 Å². The summed E-state index contributed by atoms with van der Waals surface area (Å²) < 4.78 is 0. The molecule has 1 aromatic heterocycles. The van der Waals surface area contributed by atoms with Gasteiger partial charge in [0.1, 0.15) is 0 Å². The standard InChI is InChI=1S/C11H20N4O/c1-7(2)14-11(16)6-12-8(3)10-5-13-15-9(10)4/h5,7-8,12H,6H2,1-4H3,(H,13,15)(H,14,16). The van der Waals surface area contributed by atoms with Gasteiger partial charge in [0.15, 0.2) is 0 Å². The monoisotopic (exact) mass is 224 g/mol. The molecule has 1 atom stereocenters. The summed E-state index contributed by atoms with van der Waals surface area (Å²) in [4.78, 5) is 11.4. The Morgan fingerprint density at radius 2 is 2.19 bits per heavy atom. The molecule has 16 heavy (non-hydrogen) atoms. The fraction of sp³-hybridized carbons (Fsp3) is 0.636. The summed E-state index contributed by atoms with van der Waals surface area (Å²) in [6.07, 6.45) is 1.79. The van der Waals surface area contributed by atoms with Gasteiger partial charge in [-0.15, -0.1) is 0 Å². The lowest BCUT2D eigenvalue weighted by Crippen LogP contribution is -2.38. The summed E-state index contributed by atoms with van der Waals surface area (Å²) in [7, 11) is 0. The van der Waals surface area contributed by atoms with Gasteiger partial charge >= 0.3 is 0 Å². The molecule has 0 saturated carbocycles. The van der Waals surface area contributed by atoms with Crippen molar-refractivity contribution in [3.63, 3.8) is 0 Å². The van der Waals surface area contributed by atoms with Crippen LogP contribution in [0.3, 0.4) is 0 Å². The predicted molar refractivity (Wildman–Crippen MR) is 63.0 cm³/mol. The Kier molecular flexibility index (Phi) is 4.49. The second kappa shape index (κ2) is 5.65. The van der Waals surface area contributed by atoms with Crippen LogP contribution in [-0.4, -0.2) is 28.7 Å². The highest BCUT2D eigenvalue weighted by Crippen LogP contribution is 2.13. The molecule has 3 N–H and O–H groups in total. The first-order valence-corrected chi connectivity index (χ1v) is 5.53. The molecule has 5 nitrogen and oxygen atoms in total. The van der Waals surface area contributed by atoms with Gasteiger partial charge in [0, 0.05) is 23.3 Å². The number of aromatic amines is 1. The van der Waals surface area contributed by atoms with Gasteiger partial charge in [0.2, 0.25) is 5.91 Å². The number of nitrogens with zero attached hydrogens (tertiary/aromatic N) is 1. The number of aryl methyl sites for hydroxylation is 1. The Hall–Kier alpha value is -1.36. The molecule has 0 aliphatic rings. The van der Waals surface area contributed by atoms with E-state index in [1.165, 1.54) is 0 Å². The lowest BCUT2D eigenvalue weighted by atomic mass is 10.1. The number of amides is 1. The smallest absolute Gasteiger partial charge is 0.234 e. The van der Waals surface area contributed by atoms with Crippen molar-refractivity contribution >= 4 is 5.91 Å². The molecule has 0 spiro atoms. The molecular formula is C11H20N4O. The summed E-state index contributed by atoms with van der Waals surface area (Å²) in [6.45, 7) is 8.20. The normalized spacial score (nSPS) is 12.8. The number of aromatic nitrogens is 2. The molecule has 1 amide bonds. The largest absolute Gasteiger partial charge is 0.353 e. The quantitative estimate of drug-likeness (QED) is 0.695. The zero-order valence-electron chi connectivity index (χ0n) is 10.3. The van der Waals surface area contributed by atoms with E-state index >= 15 is 0 Å².